The molecule has 0 aliphatic heterocycles. The molecule has 3 aliphatic rings. The summed E-state index contributed by atoms with van der Waals surface area (Å²) in [4.78, 5) is 38.1. The van der Waals surface area contributed by atoms with E-state index in [9.17, 15) is 34.8 Å². The highest BCUT2D eigenvalue weighted by Gasteiger charge is 2.66. The van der Waals surface area contributed by atoms with Crippen molar-refractivity contribution in [2.75, 3.05) is 0 Å². The molecule has 2 saturated carbocycles. The van der Waals surface area contributed by atoms with Gasteiger partial charge in [-0.05, 0) is 30.9 Å². The Hall–Kier alpha value is -2.71. The van der Waals surface area contributed by atoms with Crippen LogP contribution in [0.3, 0.4) is 0 Å². The molecule has 3 aliphatic carbocycles. The van der Waals surface area contributed by atoms with E-state index in [1.54, 1.807) is 6.07 Å². The highest BCUT2D eigenvalue weighted by Crippen LogP contribution is 2.56. The van der Waals surface area contributed by atoms with Crippen molar-refractivity contribution in [1.82, 2.24) is 0 Å². The van der Waals surface area contributed by atoms with E-state index in [0.717, 1.165) is 0 Å². The van der Waals surface area contributed by atoms with Crippen LogP contribution >= 0.6 is 0 Å². The summed E-state index contributed by atoms with van der Waals surface area (Å²) in [6.07, 6.45) is -1.68. The predicted octanol–water partition coefficient (Wildman–Crippen LogP) is -0.267. The van der Waals surface area contributed by atoms with E-state index in [4.69, 9.17) is 5.73 Å². The van der Waals surface area contributed by atoms with E-state index in [1.807, 2.05) is 0 Å². The summed E-state index contributed by atoms with van der Waals surface area (Å²) >= 11 is 0. The maximum absolute atomic E-state index is 13.2. The van der Waals surface area contributed by atoms with Crippen LogP contribution in [-0.2, 0) is 20.8 Å². The summed E-state index contributed by atoms with van der Waals surface area (Å²) in [5.41, 5.74) is 1.56. The molecule has 142 valence electrons. The van der Waals surface area contributed by atoms with Gasteiger partial charge in [0.2, 0.25) is 11.7 Å². The molecule has 1 aromatic rings. The molecule has 0 saturated heterocycles. The number of aliphatic hydroxyl groups is 3. The fourth-order valence-electron chi connectivity index (χ4n) is 4.92. The van der Waals surface area contributed by atoms with Crippen molar-refractivity contribution < 1.29 is 34.8 Å². The van der Waals surface area contributed by atoms with Gasteiger partial charge in [-0.15, -0.1) is 0 Å². The fourth-order valence-corrected chi connectivity index (χ4v) is 4.92. The van der Waals surface area contributed by atoms with E-state index in [-0.39, 0.29) is 30.6 Å². The molecular weight excluding hydrogens is 354 g/mol. The molecule has 8 heteroatoms. The van der Waals surface area contributed by atoms with Crippen molar-refractivity contribution in [3.63, 3.8) is 0 Å². The Labute approximate surface area is 153 Å². The Balaban J connectivity index is 2.00. The summed E-state index contributed by atoms with van der Waals surface area (Å²) in [7, 11) is 0. The zero-order chi connectivity index (χ0) is 19.7. The molecule has 4 atom stereocenters. The molecule has 8 nitrogen and oxygen atoms in total. The molecule has 27 heavy (non-hydrogen) atoms. The number of phenolic OH excluding ortho intramolecular Hbond substituents is 1. The smallest absolute Gasteiger partial charge is 0.228 e. The molecule has 0 aromatic heterocycles. The molecule has 1 aromatic carbocycles. The maximum Gasteiger partial charge on any atom is 0.228 e. The van der Waals surface area contributed by atoms with Crippen LogP contribution in [0.25, 0.3) is 5.76 Å². The number of amides is 1. The Morgan fingerprint density at radius 3 is 2.59 bits per heavy atom. The molecule has 6 N–H and O–H groups in total. The van der Waals surface area contributed by atoms with Crippen LogP contribution in [0.1, 0.15) is 30.4 Å². The van der Waals surface area contributed by atoms with E-state index in [0.29, 0.717) is 5.56 Å². The van der Waals surface area contributed by atoms with Gasteiger partial charge < -0.3 is 26.2 Å². The summed E-state index contributed by atoms with van der Waals surface area (Å²) in [6.45, 7) is 0. The molecule has 0 bridgehead atoms. The van der Waals surface area contributed by atoms with Crippen LogP contribution in [0.15, 0.2) is 23.8 Å². The summed E-state index contributed by atoms with van der Waals surface area (Å²) < 4.78 is 0. The van der Waals surface area contributed by atoms with E-state index < -0.39 is 58.3 Å². The quantitative estimate of drug-likeness (QED) is 0.424. The summed E-state index contributed by atoms with van der Waals surface area (Å²) in [5.74, 6) is -4.74. The maximum atomic E-state index is 13.2. The van der Waals surface area contributed by atoms with Crippen LogP contribution in [0.5, 0.6) is 5.75 Å². The standard InChI is InChI=1S/C19H19NO7/c20-17(26)18-6-8-2-1-3-11(22)13(8)15(24)14(18)16(25)19(27)9(7-18)4-10(21)5-12(19)23/h1-3,9-10,21-22,24,27H,4-7H2,(H2,20,26). The first-order valence-electron chi connectivity index (χ1n) is 8.66. The van der Waals surface area contributed by atoms with Crippen molar-refractivity contribution >= 4 is 23.2 Å². The number of nitrogens with two attached hydrogens (primary N) is 1. The topological polar surface area (TPSA) is 158 Å². The molecule has 0 radical (unpaired) electrons. The lowest BCUT2D eigenvalue weighted by Gasteiger charge is -2.51. The Morgan fingerprint density at radius 2 is 1.93 bits per heavy atom. The first-order valence-corrected chi connectivity index (χ1v) is 8.66. The number of rotatable bonds is 1. The van der Waals surface area contributed by atoms with Crippen molar-refractivity contribution in [3.05, 3.63) is 34.9 Å². The van der Waals surface area contributed by atoms with E-state index in [1.165, 1.54) is 12.1 Å². The highest BCUT2D eigenvalue weighted by atomic mass is 16.3. The number of ketones is 2. The number of hydrogen-bond acceptors (Lipinski definition) is 7. The number of carbonyl (C=O) groups excluding carboxylic acids is 3. The van der Waals surface area contributed by atoms with E-state index in [2.05, 4.69) is 0 Å². The average Bonchev–Trinajstić information content (AvgIpc) is 2.57. The highest BCUT2D eigenvalue weighted by molar-refractivity contribution is 6.24. The minimum atomic E-state index is -2.43. The molecule has 0 heterocycles. The number of carbonyl (C=O) groups is 3. The number of phenols is 1. The van der Waals surface area contributed by atoms with Crippen LogP contribution in [-0.4, -0.2) is 49.6 Å². The first-order chi connectivity index (χ1) is 12.6. The largest absolute Gasteiger partial charge is 0.507 e. The van der Waals surface area contributed by atoms with Gasteiger partial charge in [-0.25, -0.2) is 0 Å². The van der Waals surface area contributed by atoms with Gasteiger partial charge in [0.15, 0.2) is 11.4 Å². The zero-order valence-electron chi connectivity index (χ0n) is 14.3. The second-order valence-corrected chi connectivity index (χ2v) is 7.67. The number of aliphatic hydroxyl groups excluding tert-OH is 2. The minimum absolute atomic E-state index is 0.0110. The fraction of sp³-hybridized carbons (Fsp3) is 0.421. The van der Waals surface area contributed by atoms with Crippen LogP contribution in [0.4, 0.5) is 0 Å². The lowest BCUT2D eigenvalue weighted by atomic mass is 9.52. The Bertz CT molecular complexity index is 936. The van der Waals surface area contributed by atoms with Gasteiger partial charge in [-0.2, -0.15) is 0 Å². The van der Waals surface area contributed by atoms with Crippen LogP contribution in [0.2, 0.25) is 0 Å². The van der Waals surface area contributed by atoms with Gasteiger partial charge in [0.1, 0.15) is 11.5 Å². The summed E-state index contributed by atoms with van der Waals surface area (Å²) in [6, 6.07) is 4.45. The normalized spacial score (nSPS) is 35.3. The third-order valence-corrected chi connectivity index (χ3v) is 6.21. The number of primary amides is 1. The summed E-state index contributed by atoms with van der Waals surface area (Å²) in [5, 5.41) is 41.8. The molecular formula is C19H19NO7. The molecule has 4 unspecified atom stereocenters. The predicted molar refractivity (Wildman–Crippen MR) is 91.3 cm³/mol. The van der Waals surface area contributed by atoms with Crippen molar-refractivity contribution in [2.45, 2.75) is 37.4 Å². The number of Topliss-reactive ketones (excluding diaryl/α,β-unsaturated/α-hetero) is 2. The van der Waals surface area contributed by atoms with Gasteiger partial charge in [-0.1, -0.05) is 12.1 Å². The Morgan fingerprint density at radius 1 is 1.22 bits per heavy atom. The molecule has 0 spiro atoms. The van der Waals surface area contributed by atoms with Gasteiger partial charge in [0, 0.05) is 12.3 Å². The minimum Gasteiger partial charge on any atom is -0.507 e. The van der Waals surface area contributed by atoms with Gasteiger partial charge >= 0.3 is 0 Å². The third kappa shape index (κ3) is 2.08. The zero-order valence-corrected chi connectivity index (χ0v) is 14.3. The van der Waals surface area contributed by atoms with Crippen LogP contribution in [0, 0.1) is 11.3 Å². The number of fused-ring (bicyclic) bond motifs is 3. The third-order valence-electron chi connectivity index (χ3n) is 6.21. The first kappa shape index (κ1) is 17.7. The average molecular weight is 373 g/mol. The second-order valence-electron chi connectivity index (χ2n) is 7.67. The number of aromatic hydroxyl groups is 1. The van der Waals surface area contributed by atoms with Gasteiger partial charge in [0.05, 0.1) is 22.7 Å². The molecule has 2 fully saturated rings. The number of benzene rings is 1. The second kappa shape index (κ2) is 5.40. The van der Waals surface area contributed by atoms with Crippen molar-refractivity contribution in [1.29, 1.82) is 0 Å². The molecule has 4 rings (SSSR count). The van der Waals surface area contributed by atoms with Gasteiger partial charge in [0.25, 0.3) is 0 Å². The van der Waals surface area contributed by atoms with E-state index >= 15 is 0 Å². The van der Waals surface area contributed by atoms with Gasteiger partial charge in [-0.3, -0.25) is 14.4 Å². The SMILES string of the molecule is NC(=O)C12Cc3cccc(O)c3C(O)=C1C(=O)C1(O)C(=O)CC(O)CC1C2. The number of hydrogen-bond donors (Lipinski definition) is 5. The van der Waals surface area contributed by atoms with Crippen molar-refractivity contribution in [2.24, 2.45) is 17.1 Å². The monoisotopic (exact) mass is 373 g/mol. The van der Waals surface area contributed by atoms with Crippen molar-refractivity contribution in [3.8, 4) is 5.75 Å². The Kier molecular flexibility index (Phi) is 3.54. The molecule has 1 amide bonds. The lowest BCUT2D eigenvalue weighted by molar-refractivity contribution is -0.171. The lowest BCUT2D eigenvalue weighted by Crippen LogP contribution is -2.66. The van der Waals surface area contributed by atoms with Crippen LogP contribution < -0.4 is 5.73 Å².